The summed E-state index contributed by atoms with van der Waals surface area (Å²) in [7, 11) is 0. The molecule has 6 N–H and O–H groups in total. The summed E-state index contributed by atoms with van der Waals surface area (Å²) >= 11 is 0. The van der Waals surface area contributed by atoms with Gasteiger partial charge in [-0.1, -0.05) is 34.1 Å². The van der Waals surface area contributed by atoms with Gasteiger partial charge in [-0.05, 0) is 38.0 Å². The van der Waals surface area contributed by atoms with Crippen molar-refractivity contribution < 1.29 is 29.4 Å². The lowest BCUT2D eigenvalue weighted by Gasteiger charge is -2.31. The molecule has 178 valence electrons. The van der Waals surface area contributed by atoms with E-state index in [9.17, 15) is 29.4 Å². The number of hydrogen-bond acceptors (Lipinski definition) is 6. The van der Waals surface area contributed by atoms with Gasteiger partial charge in [0.15, 0.2) is 0 Å². The van der Waals surface area contributed by atoms with Gasteiger partial charge < -0.3 is 31.5 Å². The second-order valence-corrected chi connectivity index (χ2v) is 8.86. The summed E-state index contributed by atoms with van der Waals surface area (Å²) < 4.78 is 0. The molecule has 1 heterocycles. The van der Waals surface area contributed by atoms with E-state index in [1.54, 1.807) is 0 Å². The van der Waals surface area contributed by atoms with Crippen molar-refractivity contribution in [3.05, 3.63) is 0 Å². The molecule has 1 saturated heterocycles. The topological polar surface area (TPSA) is 162 Å². The van der Waals surface area contributed by atoms with Crippen molar-refractivity contribution >= 4 is 23.7 Å². The van der Waals surface area contributed by atoms with Crippen molar-refractivity contribution in [2.24, 2.45) is 17.6 Å². The first-order valence-corrected chi connectivity index (χ1v) is 11.0. The van der Waals surface area contributed by atoms with E-state index >= 15 is 0 Å². The van der Waals surface area contributed by atoms with Gasteiger partial charge in [0.25, 0.3) is 0 Å². The second-order valence-electron chi connectivity index (χ2n) is 8.86. The number of aliphatic hydroxyl groups is 1. The lowest BCUT2D eigenvalue weighted by Crippen LogP contribution is -2.60. The highest BCUT2D eigenvalue weighted by Gasteiger charge is 2.40. The smallest absolute Gasteiger partial charge is 0.326 e. The Morgan fingerprint density at radius 2 is 1.74 bits per heavy atom. The van der Waals surface area contributed by atoms with Gasteiger partial charge in [0.2, 0.25) is 17.7 Å². The Balaban J connectivity index is 2.93. The van der Waals surface area contributed by atoms with E-state index in [-0.39, 0.29) is 24.8 Å². The molecule has 0 radical (unpaired) electrons. The van der Waals surface area contributed by atoms with Crippen LogP contribution in [0.15, 0.2) is 0 Å². The van der Waals surface area contributed by atoms with Crippen molar-refractivity contribution in [2.75, 3.05) is 6.54 Å². The Morgan fingerprint density at radius 3 is 2.23 bits per heavy atom. The Morgan fingerprint density at radius 1 is 1.13 bits per heavy atom. The number of nitrogens with zero attached hydrogens (tertiary/aromatic N) is 1. The average Bonchev–Trinajstić information content (AvgIpc) is 3.18. The third-order valence-electron chi connectivity index (χ3n) is 5.77. The fraction of sp³-hybridized carbons (Fsp3) is 0.810. The summed E-state index contributed by atoms with van der Waals surface area (Å²) in [5.74, 6) is -2.86. The number of aliphatic hydroxyl groups excluding tert-OH is 1. The van der Waals surface area contributed by atoms with Crippen LogP contribution in [0.3, 0.4) is 0 Å². The van der Waals surface area contributed by atoms with Crippen molar-refractivity contribution in [1.29, 1.82) is 0 Å². The Labute approximate surface area is 183 Å². The monoisotopic (exact) mass is 442 g/mol. The molecule has 0 aromatic rings. The molecule has 0 aromatic heterocycles. The van der Waals surface area contributed by atoms with Gasteiger partial charge in [-0.15, -0.1) is 0 Å². The molecule has 6 unspecified atom stereocenters. The van der Waals surface area contributed by atoms with E-state index < -0.39 is 54.0 Å². The molecule has 10 heteroatoms. The van der Waals surface area contributed by atoms with Gasteiger partial charge in [-0.3, -0.25) is 14.4 Å². The summed E-state index contributed by atoms with van der Waals surface area (Å²) in [4.78, 5) is 51.1. The number of nitrogens with two attached hydrogens (primary N) is 1. The summed E-state index contributed by atoms with van der Waals surface area (Å²) in [5, 5.41) is 24.6. The SMILES string of the molecule is CCC(C)C(N)C(=O)NC(C(=O)N1CCCC1C(=O)NC(CC(C)C)C(=O)O)C(C)O. The summed E-state index contributed by atoms with van der Waals surface area (Å²) in [6.45, 7) is 9.08. The highest BCUT2D eigenvalue weighted by Crippen LogP contribution is 2.20. The second kappa shape index (κ2) is 12.0. The minimum atomic E-state index is -1.25. The van der Waals surface area contributed by atoms with E-state index in [2.05, 4.69) is 10.6 Å². The van der Waals surface area contributed by atoms with E-state index in [1.807, 2.05) is 27.7 Å². The molecule has 31 heavy (non-hydrogen) atoms. The van der Waals surface area contributed by atoms with Crippen LogP contribution in [-0.2, 0) is 19.2 Å². The third kappa shape index (κ3) is 7.46. The lowest BCUT2D eigenvalue weighted by atomic mass is 9.98. The first-order valence-electron chi connectivity index (χ1n) is 11.0. The maximum Gasteiger partial charge on any atom is 0.326 e. The molecule has 1 aliphatic rings. The van der Waals surface area contributed by atoms with E-state index in [1.165, 1.54) is 11.8 Å². The maximum atomic E-state index is 13.1. The number of carbonyl (C=O) groups excluding carboxylic acids is 3. The highest BCUT2D eigenvalue weighted by molar-refractivity contribution is 5.94. The third-order valence-corrected chi connectivity index (χ3v) is 5.77. The lowest BCUT2D eigenvalue weighted by molar-refractivity contribution is -0.146. The molecule has 0 aliphatic carbocycles. The van der Waals surface area contributed by atoms with E-state index in [4.69, 9.17) is 5.73 Å². The van der Waals surface area contributed by atoms with Crippen LogP contribution in [0.1, 0.15) is 60.3 Å². The minimum absolute atomic E-state index is 0.0623. The molecule has 0 saturated carbocycles. The molecule has 0 aromatic carbocycles. The molecule has 0 spiro atoms. The standard InChI is InChI=1S/C21H38N4O6/c1-6-12(4)16(22)19(28)24-17(13(5)26)20(29)25-9-7-8-15(25)18(27)23-14(21(30)31)10-11(2)3/h11-17,26H,6-10,22H2,1-5H3,(H,23,27)(H,24,28)(H,30,31). The summed E-state index contributed by atoms with van der Waals surface area (Å²) in [5.41, 5.74) is 5.93. The zero-order valence-electron chi connectivity index (χ0n) is 19.1. The number of aliphatic carboxylic acids is 1. The number of carboxylic acids is 1. The zero-order valence-corrected chi connectivity index (χ0v) is 19.1. The van der Waals surface area contributed by atoms with Crippen molar-refractivity contribution in [1.82, 2.24) is 15.5 Å². The highest BCUT2D eigenvalue weighted by atomic mass is 16.4. The van der Waals surface area contributed by atoms with Crippen LogP contribution in [0.25, 0.3) is 0 Å². The summed E-state index contributed by atoms with van der Waals surface area (Å²) in [6, 6.07) is -3.99. The molecule has 1 aliphatic heterocycles. The predicted molar refractivity (Wildman–Crippen MR) is 115 cm³/mol. The van der Waals surface area contributed by atoms with Gasteiger partial charge in [0.1, 0.15) is 18.1 Å². The number of carbonyl (C=O) groups is 4. The molecule has 1 rings (SSSR count). The number of likely N-dealkylation sites (tertiary alicyclic amines) is 1. The molecule has 0 bridgehead atoms. The molecular formula is C21H38N4O6. The van der Waals surface area contributed by atoms with E-state index in [0.717, 1.165) is 0 Å². The summed E-state index contributed by atoms with van der Waals surface area (Å²) in [6.07, 6.45) is 0.674. The normalized spacial score (nSPS) is 21.2. The zero-order chi connectivity index (χ0) is 23.9. The van der Waals surface area contributed by atoms with Crippen LogP contribution in [0.2, 0.25) is 0 Å². The van der Waals surface area contributed by atoms with Crippen LogP contribution in [-0.4, -0.2) is 75.6 Å². The van der Waals surface area contributed by atoms with Crippen molar-refractivity contribution in [3.63, 3.8) is 0 Å². The van der Waals surface area contributed by atoms with Gasteiger partial charge in [-0.2, -0.15) is 0 Å². The predicted octanol–water partition coefficient (Wildman–Crippen LogP) is -0.168. The van der Waals surface area contributed by atoms with Crippen LogP contribution in [0, 0.1) is 11.8 Å². The number of rotatable bonds is 11. The average molecular weight is 443 g/mol. The first-order chi connectivity index (χ1) is 14.4. The molecular weight excluding hydrogens is 404 g/mol. The van der Waals surface area contributed by atoms with Crippen molar-refractivity contribution in [3.8, 4) is 0 Å². The maximum absolute atomic E-state index is 13.1. The quantitative estimate of drug-likeness (QED) is 0.297. The number of amides is 3. The molecule has 6 atom stereocenters. The number of hydrogen-bond donors (Lipinski definition) is 5. The van der Waals surface area contributed by atoms with Crippen LogP contribution in [0.5, 0.6) is 0 Å². The van der Waals surface area contributed by atoms with Gasteiger partial charge >= 0.3 is 5.97 Å². The van der Waals surface area contributed by atoms with Gasteiger partial charge in [0, 0.05) is 6.54 Å². The van der Waals surface area contributed by atoms with Crippen LogP contribution >= 0.6 is 0 Å². The molecule has 10 nitrogen and oxygen atoms in total. The molecule has 1 fully saturated rings. The number of carboxylic acid groups (broad SMARTS) is 1. The molecule has 3 amide bonds. The fourth-order valence-corrected chi connectivity index (χ4v) is 3.59. The Bertz CT molecular complexity index is 654. The minimum Gasteiger partial charge on any atom is -0.480 e. The first kappa shape index (κ1) is 26.8. The largest absolute Gasteiger partial charge is 0.480 e. The van der Waals surface area contributed by atoms with Crippen molar-refractivity contribution in [2.45, 2.75) is 90.6 Å². The van der Waals surface area contributed by atoms with Gasteiger partial charge in [-0.25, -0.2) is 4.79 Å². The van der Waals surface area contributed by atoms with Crippen LogP contribution < -0.4 is 16.4 Å². The Kier molecular flexibility index (Phi) is 10.4. The van der Waals surface area contributed by atoms with Crippen LogP contribution in [0.4, 0.5) is 0 Å². The van der Waals surface area contributed by atoms with Gasteiger partial charge in [0.05, 0.1) is 12.1 Å². The van der Waals surface area contributed by atoms with E-state index in [0.29, 0.717) is 19.3 Å². The number of nitrogens with one attached hydrogen (secondary N) is 2. The fourth-order valence-electron chi connectivity index (χ4n) is 3.59. The Hall–Kier alpha value is -2.20.